The first-order valence-corrected chi connectivity index (χ1v) is 6.98. The average molecular weight is 234 g/mol. The maximum absolute atomic E-state index is 5.72. The van der Waals surface area contributed by atoms with E-state index in [1.54, 1.807) is 4.42 Å². The van der Waals surface area contributed by atoms with E-state index in [-0.39, 0.29) is 0 Å². The summed E-state index contributed by atoms with van der Waals surface area (Å²) in [4.78, 5) is 0. The summed E-state index contributed by atoms with van der Waals surface area (Å²) in [7, 11) is 1.93. The zero-order chi connectivity index (χ0) is 11.4. The highest BCUT2D eigenvalue weighted by Crippen LogP contribution is 2.10. The quantitative estimate of drug-likeness (QED) is 0.359. The maximum atomic E-state index is 5.72. The molecule has 0 aliphatic rings. The first-order valence-electron chi connectivity index (χ1n) is 6.64. The second-order valence-corrected chi connectivity index (χ2v) is 5.09. The highest BCUT2D eigenvalue weighted by Gasteiger charge is 1.94. The van der Waals surface area contributed by atoms with Gasteiger partial charge in [-0.2, -0.15) is 0 Å². The van der Waals surface area contributed by atoms with Gasteiger partial charge in [0, 0.05) is 13.6 Å². The van der Waals surface area contributed by atoms with Gasteiger partial charge in [-0.25, -0.2) is 4.42 Å². The monoisotopic (exact) mass is 233 g/mol. The van der Waals surface area contributed by atoms with Crippen LogP contribution in [0.2, 0.25) is 0 Å². The highest BCUT2D eigenvalue weighted by molar-refractivity contribution is 6.13. The molecule has 0 aliphatic heterocycles. The van der Waals surface area contributed by atoms with Gasteiger partial charge in [0.2, 0.25) is 0 Å². The van der Waals surface area contributed by atoms with Crippen LogP contribution in [0.4, 0.5) is 0 Å². The molecular formula is C13H28ClN. The Morgan fingerprint density at radius 2 is 1.13 bits per heavy atom. The highest BCUT2D eigenvalue weighted by atomic mass is 35.5. The minimum atomic E-state index is 1.03. The molecule has 92 valence electrons. The topological polar surface area (TPSA) is 3.24 Å². The Labute approximate surface area is 101 Å². The lowest BCUT2D eigenvalue weighted by Gasteiger charge is -2.05. The molecule has 0 spiro atoms. The number of nitrogens with zero attached hydrogens (tertiary/aromatic N) is 1. The molecule has 0 rings (SSSR count). The van der Waals surface area contributed by atoms with E-state index < -0.39 is 0 Å². The maximum Gasteiger partial charge on any atom is 0.0135 e. The van der Waals surface area contributed by atoms with Crippen LogP contribution in [0.25, 0.3) is 0 Å². The van der Waals surface area contributed by atoms with Gasteiger partial charge in [-0.3, -0.25) is 0 Å². The van der Waals surface area contributed by atoms with Crippen molar-refractivity contribution in [2.24, 2.45) is 0 Å². The molecule has 0 saturated carbocycles. The van der Waals surface area contributed by atoms with Crippen LogP contribution in [0, 0.1) is 0 Å². The van der Waals surface area contributed by atoms with Gasteiger partial charge in [0.05, 0.1) is 0 Å². The number of unbranched alkanes of at least 4 members (excludes halogenated alkanes) is 9. The summed E-state index contributed by atoms with van der Waals surface area (Å²) in [6, 6.07) is 0. The predicted molar refractivity (Wildman–Crippen MR) is 70.3 cm³/mol. The third kappa shape index (κ3) is 14.2. The molecule has 0 unspecified atom stereocenters. The number of hydrogen-bond donors (Lipinski definition) is 0. The second kappa shape index (κ2) is 12.3. The van der Waals surface area contributed by atoms with E-state index in [1.165, 1.54) is 64.2 Å². The summed E-state index contributed by atoms with van der Waals surface area (Å²) in [5.41, 5.74) is 0. The molecule has 0 aromatic carbocycles. The van der Waals surface area contributed by atoms with Crippen molar-refractivity contribution in [3.8, 4) is 0 Å². The summed E-state index contributed by atoms with van der Waals surface area (Å²) < 4.78 is 1.75. The molecule has 0 N–H and O–H groups in total. The van der Waals surface area contributed by atoms with Crippen LogP contribution in [-0.4, -0.2) is 18.0 Å². The van der Waals surface area contributed by atoms with Crippen LogP contribution in [0.1, 0.15) is 71.1 Å². The van der Waals surface area contributed by atoms with Crippen LogP contribution in [0.15, 0.2) is 0 Å². The van der Waals surface area contributed by atoms with Crippen molar-refractivity contribution in [1.82, 2.24) is 4.42 Å². The third-order valence-electron chi connectivity index (χ3n) is 2.82. The first-order chi connectivity index (χ1) is 7.27. The molecule has 0 aliphatic carbocycles. The van der Waals surface area contributed by atoms with E-state index in [4.69, 9.17) is 11.8 Å². The molecule has 0 aromatic rings. The van der Waals surface area contributed by atoms with Crippen molar-refractivity contribution in [1.29, 1.82) is 0 Å². The first kappa shape index (κ1) is 15.2. The van der Waals surface area contributed by atoms with Crippen LogP contribution >= 0.6 is 11.8 Å². The zero-order valence-electron chi connectivity index (χ0n) is 10.6. The van der Waals surface area contributed by atoms with Gasteiger partial charge in [0.15, 0.2) is 0 Å². The van der Waals surface area contributed by atoms with E-state index in [0.717, 1.165) is 6.54 Å². The molecule has 0 fully saturated rings. The molecule has 1 nitrogen and oxygen atoms in total. The van der Waals surface area contributed by atoms with Gasteiger partial charge in [-0.05, 0) is 18.2 Å². The summed E-state index contributed by atoms with van der Waals surface area (Å²) in [5, 5.41) is 0. The van der Waals surface area contributed by atoms with Crippen molar-refractivity contribution in [3.05, 3.63) is 0 Å². The molecule has 0 saturated heterocycles. The molecule has 0 heterocycles. The Hall–Kier alpha value is 0.250. The van der Waals surface area contributed by atoms with Crippen LogP contribution in [0.3, 0.4) is 0 Å². The summed E-state index contributed by atoms with van der Waals surface area (Å²) in [6.45, 7) is 3.30. The van der Waals surface area contributed by atoms with E-state index >= 15 is 0 Å². The van der Waals surface area contributed by atoms with Crippen molar-refractivity contribution in [2.45, 2.75) is 71.1 Å². The molecule has 0 bridgehead atoms. The van der Waals surface area contributed by atoms with Gasteiger partial charge in [0.25, 0.3) is 0 Å². The lowest BCUT2D eigenvalue weighted by Crippen LogP contribution is -2.05. The molecule has 0 radical (unpaired) electrons. The lowest BCUT2D eigenvalue weighted by molar-refractivity contribution is 0.491. The van der Waals surface area contributed by atoms with Crippen LogP contribution in [0.5, 0.6) is 0 Å². The predicted octanol–water partition coefficient (Wildman–Crippen LogP) is 4.99. The van der Waals surface area contributed by atoms with Crippen LogP contribution in [-0.2, 0) is 0 Å². The van der Waals surface area contributed by atoms with Crippen molar-refractivity contribution >= 4 is 11.8 Å². The molecule has 0 amide bonds. The lowest BCUT2D eigenvalue weighted by atomic mass is 10.1. The Morgan fingerprint density at radius 3 is 1.53 bits per heavy atom. The van der Waals surface area contributed by atoms with Gasteiger partial charge >= 0.3 is 0 Å². The fraction of sp³-hybridized carbons (Fsp3) is 1.00. The average Bonchev–Trinajstić information content (AvgIpc) is 2.20. The Kier molecular flexibility index (Phi) is 12.5. The molecule has 0 aromatic heterocycles. The summed E-state index contributed by atoms with van der Waals surface area (Å²) >= 11 is 5.72. The fourth-order valence-corrected chi connectivity index (χ4v) is 1.94. The number of hydrogen-bond acceptors (Lipinski definition) is 1. The van der Waals surface area contributed by atoms with Crippen molar-refractivity contribution < 1.29 is 0 Å². The third-order valence-corrected chi connectivity index (χ3v) is 2.99. The fourth-order valence-electron chi connectivity index (χ4n) is 1.82. The minimum Gasteiger partial charge on any atom is -0.223 e. The molecule has 2 heteroatoms. The normalized spacial score (nSPS) is 11.2. The van der Waals surface area contributed by atoms with Gasteiger partial charge in [0.1, 0.15) is 0 Å². The summed E-state index contributed by atoms with van der Waals surface area (Å²) in [5.74, 6) is 0. The summed E-state index contributed by atoms with van der Waals surface area (Å²) in [6.07, 6.45) is 13.9. The van der Waals surface area contributed by atoms with Crippen molar-refractivity contribution in [3.63, 3.8) is 0 Å². The van der Waals surface area contributed by atoms with Gasteiger partial charge in [-0.15, -0.1) is 0 Å². The van der Waals surface area contributed by atoms with E-state index in [2.05, 4.69) is 6.92 Å². The second-order valence-electron chi connectivity index (χ2n) is 4.51. The SMILES string of the molecule is CCCCCCCCCCCCN(C)Cl. The molecular weight excluding hydrogens is 206 g/mol. The van der Waals surface area contributed by atoms with Crippen molar-refractivity contribution in [2.75, 3.05) is 13.6 Å². The van der Waals surface area contributed by atoms with E-state index in [9.17, 15) is 0 Å². The minimum absolute atomic E-state index is 1.03. The Morgan fingerprint density at radius 1 is 0.733 bits per heavy atom. The Bertz CT molecular complexity index is 115. The molecule has 0 atom stereocenters. The molecule has 15 heavy (non-hydrogen) atoms. The zero-order valence-corrected chi connectivity index (χ0v) is 11.4. The van der Waals surface area contributed by atoms with E-state index in [0.29, 0.717) is 0 Å². The standard InChI is InChI=1S/C13H28ClN/c1-3-4-5-6-7-8-9-10-11-12-13-15(2)14/h3-13H2,1-2H3. The van der Waals surface area contributed by atoms with Gasteiger partial charge < -0.3 is 0 Å². The number of halogens is 1. The Balaban J connectivity index is 2.87. The largest absolute Gasteiger partial charge is 0.223 e. The van der Waals surface area contributed by atoms with Crippen LogP contribution < -0.4 is 0 Å². The van der Waals surface area contributed by atoms with Gasteiger partial charge in [-0.1, -0.05) is 64.7 Å². The van der Waals surface area contributed by atoms with E-state index in [1.807, 2.05) is 7.05 Å². The smallest absolute Gasteiger partial charge is 0.0135 e. The number of rotatable bonds is 11.